The average Bonchev–Trinajstić information content (AvgIpc) is 3.04. The van der Waals surface area contributed by atoms with Crippen molar-refractivity contribution >= 4 is 11.4 Å². The van der Waals surface area contributed by atoms with Crippen LogP contribution in [0.2, 0.25) is 0 Å². The number of nitrogens with zero attached hydrogens (tertiary/aromatic N) is 3. The van der Waals surface area contributed by atoms with Gasteiger partial charge in [0.25, 0.3) is 5.56 Å². The van der Waals surface area contributed by atoms with E-state index in [-0.39, 0.29) is 5.56 Å². The lowest BCUT2D eigenvalue weighted by molar-refractivity contribution is 0.159. The minimum atomic E-state index is -0.0463. The molecule has 1 atom stereocenters. The Morgan fingerprint density at radius 2 is 1.79 bits per heavy atom. The van der Waals surface area contributed by atoms with Gasteiger partial charge in [0.15, 0.2) is 0 Å². The third-order valence-electron chi connectivity index (χ3n) is 6.85. The molecule has 0 radical (unpaired) electrons. The van der Waals surface area contributed by atoms with E-state index in [1.165, 1.54) is 44.3 Å². The molecule has 6 nitrogen and oxygen atoms in total. The number of nitrogens with one attached hydrogen (secondary N) is 2. The quantitative estimate of drug-likeness (QED) is 0.472. The summed E-state index contributed by atoms with van der Waals surface area (Å²) >= 11 is 0. The lowest BCUT2D eigenvalue weighted by Crippen LogP contribution is -2.38. The molecule has 1 fully saturated rings. The fraction of sp³-hybridized carbons (Fsp3) is 0.444. The predicted molar refractivity (Wildman–Crippen MR) is 137 cm³/mol. The van der Waals surface area contributed by atoms with Crippen molar-refractivity contribution in [2.24, 2.45) is 7.05 Å². The zero-order chi connectivity index (χ0) is 23.2. The number of benzene rings is 2. The molecule has 176 valence electrons. The molecule has 2 N–H and O–H groups in total. The Morgan fingerprint density at radius 3 is 2.52 bits per heavy atom. The van der Waals surface area contributed by atoms with Crippen molar-refractivity contribution in [2.45, 2.75) is 52.1 Å². The number of aromatic nitrogens is 2. The predicted octanol–water partition coefficient (Wildman–Crippen LogP) is 4.58. The molecule has 1 aliphatic rings. The number of hydrogen-bond donors (Lipinski definition) is 2. The smallest absolute Gasteiger partial charge is 0.295 e. The Balaban J connectivity index is 1.31. The van der Waals surface area contributed by atoms with E-state index in [1.807, 2.05) is 61.1 Å². The van der Waals surface area contributed by atoms with Gasteiger partial charge >= 0.3 is 0 Å². The van der Waals surface area contributed by atoms with Gasteiger partial charge in [0, 0.05) is 25.3 Å². The molecule has 1 saturated heterocycles. The molecule has 6 heteroatoms. The molecular weight excluding hydrogens is 410 g/mol. The van der Waals surface area contributed by atoms with Crippen LogP contribution in [0, 0.1) is 6.92 Å². The Bertz CT molecular complexity index is 1080. The summed E-state index contributed by atoms with van der Waals surface area (Å²) in [6.45, 7) is 8.66. The molecular formula is C27H37N5O. The van der Waals surface area contributed by atoms with Crippen LogP contribution in [0.3, 0.4) is 0 Å². The molecule has 0 spiro atoms. The molecule has 3 aromatic rings. The zero-order valence-corrected chi connectivity index (χ0v) is 20.2. The van der Waals surface area contributed by atoms with Crippen molar-refractivity contribution < 1.29 is 0 Å². The second kappa shape index (κ2) is 10.9. The number of anilines is 2. The highest BCUT2D eigenvalue weighted by Gasteiger charge is 2.17. The van der Waals surface area contributed by atoms with E-state index in [4.69, 9.17) is 0 Å². The first kappa shape index (κ1) is 23.3. The summed E-state index contributed by atoms with van der Waals surface area (Å²) in [5.41, 5.74) is 4.49. The molecule has 4 rings (SSSR count). The summed E-state index contributed by atoms with van der Waals surface area (Å²) in [6.07, 6.45) is 5.26. The highest BCUT2D eigenvalue weighted by Crippen LogP contribution is 2.20. The van der Waals surface area contributed by atoms with Gasteiger partial charge in [0.1, 0.15) is 5.69 Å². The van der Waals surface area contributed by atoms with E-state index in [1.54, 1.807) is 4.68 Å². The summed E-state index contributed by atoms with van der Waals surface area (Å²) in [5, 5.41) is 6.90. The van der Waals surface area contributed by atoms with Crippen LogP contribution in [0.25, 0.3) is 5.69 Å². The topological polar surface area (TPSA) is 54.2 Å². The molecule has 1 aromatic heterocycles. The molecule has 1 aliphatic heterocycles. The molecule has 2 aromatic carbocycles. The van der Waals surface area contributed by atoms with Crippen molar-refractivity contribution in [3.05, 3.63) is 76.2 Å². The van der Waals surface area contributed by atoms with Crippen LogP contribution >= 0.6 is 0 Å². The number of rotatable bonds is 9. The lowest BCUT2D eigenvalue weighted by atomic mass is 10.0. The number of piperidine rings is 1. The van der Waals surface area contributed by atoms with E-state index in [9.17, 15) is 4.79 Å². The standard InChI is InChI=1S/C27H37N5O/c1-21-10-7-8-18-31(21)19-9-17-28-20-23-13-15-24(16-14-23)29-26-22(2)30(3)32(27(26)33)25-11-5-4-6-12-25/h4-6,11-16,21,28-29H,7-10,17-20H2,1-3H3/t21-/m0/s1. The van der Waals surface area contributed by atoms with Gasteiger partial charge in [-0.25, -0.2) is 4.68 Å². The highest BCUT2D eigenvalue weighted by atomic mass is 16.1. The number of hydrogen-bond acceptors (Lipinski definition) is 4. The van der Waals surface area contributed by atoms with E-state index in [0.29, 0.717) is 5.69 Å². The normalized spacial score (nSPS) is 16.8. The average molecular weight is 448 g/mol. The Hall–Kier alpha value is -2.83. The van der Waals surface area contributed by atoms with Crippen LogP contribution in [0.15, 0.2) is 59.4 Å². The van der Waals surface area contributed by atoms with E-state index < -0.39 is 0 Å². The number of likely N-dealkylation sites (tertiary alicyclic amines) is 1. The summed E-state index contributed by atoms with van der Waals surface area (Å²) in [7, 11) is 1.91. The van der Waals surface area contributed by atoms with Gasteiger partial charge in [-0.15, -0.1) is 0 Å². The highest BCUT2D eigenvalue weighted by molar-refractivity contribution is 5.62. The summed E-state index contributed by atoms with van der Waals surface area (Å²) in [4.78, 5) is 15.7. The van der Waals surface area contributed by atoms with Crippen LogP contribution in [-0.4, -0.2) is 39.9 Å². The maximum absolute atomic E-state index is 13.1. The van der Waals surface area contributed by atoms with Gasteiger partial charge in [-0.1, -0.05) is 36.8 Å². The molecule has 0 bridgehead atoms. The van der Waals surface area contributed by atoms with Gasteiger partial charge < -0.3 is 15.5 Å². The van der Waals surface area contributed by atoms with E-state index in [2.05, 4.69) is 34.6 Å². The minimum absolute atomic E-state index is 0.0463. The third kappa shape index (κ3) is 5.57. The first-order valence-corrected chi connectivity index (χ1v) is 12.2. The summed E-state index contributed by atoms with van der Waals surface area (Å²) in [5.74, 6) is 0. The van der Waals surface area contributed by atoms with Crippen LogP contribution in [0.1, 0.15) is 43.9 Å². The van der Waals surface area contributed by atoms with Crippen LogP contribution in [0.5, 0.6) is 0 Å². The monoisotopic (exact) mass is 447 g/mol. The molecule has 33 heavy (non-hydrogen) atoms. The van der Waals surface area contributed by atoms with Gasteiger partial charge in [0.2, 0.25) is 0 Å². The fourth-order valence-corrected chi connectivity index (χ4v) is 4.69. The van der Waals surface area contributed by atoms with Crippen molar-refractivity contribution in [3.63, 3.8) is 0 Å². The van der Waals surface area contributed by atoms with Crippen molar-refractivity contribution in [1.82, 2.24) is 19.6 Å². The van der Waals surface area contributed by atoms with Gasteiger partial charge in [0.05, 0.1) is 11.4 Å². The molecule has 0 amide bonds. The third-order valence-corrected chi connectivity index (χ3v) is 6.85. The van der Waals surface area contributed by atoms with Crippen molar-refractivity contribution in [3.8, 4) is 5.69 Å². The van der Waals surface area contributed by atoms with Crippen molar-refractivity contribution in [1.29, 1.82) is 0 Å². The van der Waals surface area contributed by atoms with Crippen molar-refractivity contribution in [2.75, 3.05) is 25.0 Å². The SMILES string of the molecule is Cc1c(Nc2ccc(CNCCCN3CCCC[C@@H]3C)cc2)c(=O)n(-c2ccccc2)n1C. The molecule has 0 saturated carbocycles. The second-order valence-electron chi connectivity index (χ2n) is 9.17. The first-order chi connectivity index (χ1) is 16.0. The lowest BCUT2D eigenvalue weighted by Gasteiger charge is -2.33. The van der Waals surface area contributed by atoms with E-state index in [0.717, 1.165) is 36.2 Å². The Morgan fingerprint density at radius 1 is 1.03 bits per heavy atom. The van der Waals surface area contributed by atoms with Gasteiger partial charge in [-0.2, -0.15) is 0 Å². The maximum atomic E-state index is 13.1. The van der Waals surface area contributed by atoms with Crippen LogP contribution < -0.4 is 16.2 Å². The fourth-order valence-electron chi connectivity index (χ4n) is 4.69. The first-order valence-electron chi connectivity index (χ1n) is 12.2. The van der Waals surface area contributed by atoms with Crippen LogP contribution in [0.4, 0.5) is 11.4 Å². The molecule has 2 heterocycles. The Labute approximate surface area is 197 Å². The second-order valence-corrected chi connectivity index (χ2v) is 9.17. The molecule has 0 aliphatic carbocycles. The van der Waals surface area contributed by atoms with E-state index >= 15 is 0 Å². The summed E-state index contributed by atoms with van der Waals surface area (Å²) < 4.78 is 3.59. The summed E-state index contributed by atoms with van der Waals surface area (Å²) in [6, 6.07) is 18.8. The maximum Gasteiger partial charge on any atom is 0.295 e. The Kier molecular flexibility index (Phi) is 7.68. The minimum Gasteiger partial charge on any atom is -0.349 e. The molecule has 0 unspecified atom stereocenters. The van der Waals surface area contributed by atoms with Crippen LogP contribution in [-0.2, 0) is 13.6 Å². The largest absolute Gasteiger partial charge is 0.349 e. The zero-order valence-electron chi connectivity index (χ0n) is 20.2. The number of para-hydroxylation sites is 1. The van der Waals surface area contributed by atoms with Gasteiger partial charge in [-0.3, -0.25) is 9.48 Å². The van der Waals surface area contributed by atoms with Gasteiger partial charge in [-0.05, 0) is 82.6 Å².